The summed E-state index contributed by atoms with van der Waals surface area (Å²) >= 11 is 0. The molecule has 1 heterocycles. The maximum absolute atomic E-state index is 13.5. The fourth-order valence-electron chi connectivity index (χ4n) is 5.36. The van der Waals surface area contributed by atoms with Gasteiger partial charge in [-0.25, -0.2) is 4.39 Å². The number of rotatable bonds is 13. The SMILES string of the molecule is CC(=O)O[C@@H](CC[C@H]1C(=O)N(c2ccc(O)cc2)[C@@H]1c1ccc(CCCC(C(=O)O)C(=O)O)cc1)c1ccc(F)cc1. The molecular weight excluding hydrogens is 545 g/mol. The molecule has 3 aromatic rings. The van der Waals surface area contributed by atoms with Gasteiger partial charge in [-0.15, -0.1) is 0 Å². The van der Waals surface area contributed by atoms with Crippen molar-refractivity contribution >= 4 is 29.5 Å². The van der Waals surface area contributed by atoms with Crippen LogP contribution < -0.4 is 4.90 Å². The number of β-lactam (4-membered cyclic amide) rings is 1. The molecule has 1 aliphatic rings. The molecule has 3 atom stereocenters. The van der Waals surface area contributed by atoms with Crippen molar-refractivity contribution in [1.82, 2.24) is 0 Å². The van der Waals surface area contributed by atoms with Gasteiger partial charge < -0.3 is 25.0 Å². The largest absolute Gasteiger partial charge is 0.508 e. The highest BCUT2D eigenvalue weighted by Gasteiger charge is 2.48. The van der Waals surface area contributed by atoms with Crippen molar-refractivity contribution in [1.29, 1.82) is 0 Å². The molecule has 1 amide bonds. The fourth-order valence-corrected chi connectivity index (χ4v) is 5.36. The minimum Gasteiger partial charge on any atom is -0.508 e. The van der Waals surface area contributed by atoms with Crippen LogP contribution in [0.15, 0.2) is 72.8 Å². The molecule has 220 valence electrons. The number of aryl methyl sites for hydroxylation is 1. The first-order chi connectivity index (χ1) is 20.0. The predicted octanol–water partition coefficient (Wildman–Crippen LogP) is 5.43. The highest BCUT2D eigenvalue weighted by Crippen LogP contribution is 2.47. The molecule has 1 aliphatic heterocycles. The fraction of sp³-hybridized carbons (Fsp3) is 0.312. The molecule has 1 saturated heterocycles. The number of amides is 1. The number of hydrogen-bond acceptors (Lipinski definition) is 6. The Labute approximate surface area is 242 Å². The number of carbonyl (C=O) groups is 4. The Balaban J connectivity index is 1.52. The number of aliphatic carboxylic acids is 2. The first-order valence-electron chi connectivity index (χ1n) is 13.6. The number of phenols is 1. The minimum atomic E-state index is -1.45. The first kappa shape index (κ1) is 30.2. The number of anilines is 1. The number of nitrogens with zero attached hydrogens (tertiary/aromatic N) is 1. The van der Waals surface area contributed by atoms with Crippen LogP contribution in [0.25, 0.3) is 0 Å². The van der Waals surface area contributed by atoms with Gasteiger partial charge in [0.15, 0.2) is 5.92 Å². The highest BCUT2D eigenvalue weighted by atomic mass is 19.1. The summed E-state index contributed by atoms with van der Waals surface area (Å²) in [5.41, 5.74) is 3.00. The summed E-state index contributed by atoms with van der Waals surface area (Å²) < 4.78 is 19.0. The molecule has 0 spiro atoms. The van der Waals surface area contributed by atoms with Crippen molar-refractivity contribution < 1.29 is 43.6 Å². The molecule has 3 N–H and O–H groups in total. The van der Waals surface area contributed by atoms with E-state index < -0.39 is 41.7 Å². The molecule has 0 bridgehead atoms. The molecule has 10 heteroatoms. The highest BCUT2D eigenvalue weighted by molar-refractivity contribution is 6.03. The molecule has 0 saturated carbocycles. The Bertz CT molecular complexity index is 1410. The topological polar surface area (TPSA) is 141 Å². The van der Waals surface area contributed by atoms with Crippen LogP contribution in [-0.2, 0) is 30.3 Å². The Morgan fingerprint density at radius 1 is 0.905 bits per heavy atom. The molecule has 0 unspecified atom stereocenters. The van der Waals surface area contributed by atoms with Crippen LogP contribution in [-0.4, -0.2) is 39.1 Å². The Kier molecular flexibility index (Phi) is 9.57. The minimum absolute atomic E-state index is 0.0117. The molecule has 0 radical (unpaired) electrons. The molecule has 4 rings (SSSR count). The second-order valence-corrected chi connectivity index (χ2v) is 10.4. The van der Waals surface area contributed by atoms with Gasteiger partial charge in [0.2, 0.25) is 5.91 Å². The number of hydrogen-bond donors (Lipinski definition) is 3. The lowest BCUT2D eigenvalue weighted by Crippen LogP contribution is -2.55. The Morgan fingerprint density at radius 2 is 1.52 bits per heavy atom. The van der Waals surface area contributed by atoms with Crippen molar-refractivity contribution in [2.24, 2.45) is 11.8 Å². The smallest absolute Gasteiger partial charge is 0.317 e. The van der Waals surface area contributed by atoms with E-state index in [0.29, 0.717) is 36.9 Å². The molecule has 42 heavy (non-hydrogen) atoms. The lowest BCUT2D eigenvalue weighted by Gasteiger charge is -2.48. The van der Waals surface area contributed by atoms with Gasteiger partial charge in [0.1, 0.15) is 17.7 Å². The monoisotopic (exact) mass is 577 g/mol. The van der Waals surface area contributed by atoms with Crippen LogP contribution in [0.5, 0.6) is 5.75 Å². The van der Waals surface area contributed by atoms with E-state index >= 15 is 0 Å². The molecule has 0 aromatic heterocycles. The number of phenolic OH excluding ortho intramolecular Hbond substituents is 1. The molecule has 1 fully saturated rings. The molecular formula is C32H32FNO8. The number of carboxylic acids is 2. The zero-order chi connectivity index (χ0) is 30.4. The summed E-state index contributed by atoms with van der Waals surface area (Å²) in [5.74, 6) is -5.55. The maximum Gasteiger partial charge on any atom is 0.317 e. The number of ether oxygens (including phenoxy) is 1. The van der Waals surface area contributed by atoms with E-state index in [9.17, 15) is 28.7 Å². The van der Waals surface area contributed by atoms with Crippen LogP contribution in [0, 0.1) is 17.7 Å². The van der Waals surface area contributed by atoms with Crippen molar-refractivity contribution in [2.45, 2.75) is 51.2 Å². The van der Waals surface area contributed by atoms with Crippen LogP contribution in [0.3, 0.4) is 0 Å². The van der Waals surface area contributed by atoms with Gasteiger partial charge in [-0.3, -0.25) is 19.2 Å². The van der Waals surface area contributed by atoms with E-state index in [-0.39, 0.29) is 24.1 Å². The number of aromatic hydroxyl groups is 1. The number of esters is 1. The summed E-state index contributed by atoms with van der Waals surface area (Å²) in [6.07, 6.45) is 0.968. The lowest BCUT2D eigenvalue weighted by atomic mass is 9.78. The lowest BCUT2D eigenvalue weighted by molar-refractivity contribution is -0.155. The zero-order valence-corrected chi connectivity index (χ0v) is 23.0. The van der Waals surface area contributed by atoms with E-state index in [1.165, 1.54) is 31.2 Å². The van der Waals surface area contributed by atoms with Crippen molar-refractivity contribution in [3.63, 3.8) is 0 Å². The predicted molar refractivity (Wildman–Crippen MR) is 150 cm³/mol. The van der Waals surface area contributed by atoms with Crippen LogP contribution >= 0.6 is 0 Å². The molecule has 9 nitrogen and oxygen atoms in total. The third-order valence-electron chi connectivity index (χ3n) is 7.51. The van der Waals surface area contributed by atoms with E-state index in [1.807, 2.05) is 24.3 Å². The average Bonchev–Trinajstić information content (AvgIpc) is 2.94. The summed E-state index contributed by atoms with van der Waals surface area (Å²) in [7, 11) is 0. The normalized spacial score (nSPS) is 17.0. The summed E-state index contributed by atoms with van der Waals surface area (Å²) in [5, 5.41) is 27.9. The number of halogens is 1. The molecule has 3 aromatic carbocycles. The Morgan fingerprint density at radius 3 is 2.10 bits per heavy atom. The van der Waals surface area contributed by atoms with Gasteiger partial charge in [0.05, 0.1) is 12.0 Å². The third-order valence-corrected chi connectivity index (χ3v) is 7.51. The van der Waals surface area contributed by atoms with Gasteiger partial charge in [-0.2, -0.15) is 0 Å². The van der Waals surface area contributed by atoms with Gasteiger partial charge >= 0.3 is 17.9 Å². The zero-order valence-electron chi connectivity index (χ0n) is 23.0. The number of carboxylic acid groups (broad SMARTS) is 2. The van der Waals surface area contributed by atoms with Crippen LogP contribution in [0.2, 0.25) is 0 Å². The van der Waals surface area contributed by atoms with Gasteiger partial charge in [-0.1, -0.05) is 36.4 Å². The first-order valence-corrected chi connectivity index (χ1v) is 13.6. The van der Waals surface area contributed by atoms with Crippen molar-refractivity contribution in [3.05, 3.63) is 95.3 Å². The second-order valence-electron chi connectivity index (χ2n) is 10.4. The van der Waals surface area contributed by atoms with Gasteiger partial charge in [-0.05, 0) is 85.2 Å². The van der Waals surface area contributed by atoms with E-state index in [2.05, 4.69) is 0 Å². The molecule has 0 aliphatic carbocycles. The quantitative estimate of drug-likeness (QED) is 0.139. The number of carbonyl (C=O) groups excluding carboxylic acids is 2. The third kappa shape index (κ3) is 7.12. The van der Waals surface area contributed by atoms with E-state index in [1.54, 1.807) is 29.2 Å². The van der Waals surface area contributed by atoms with Gasteiger partial charge in [0, 0.05) is 12.6 Å². The van der Waals surface area contributed by atoms with E-state index in [0.717, 1.165) is 11.1 Å². The summed E-state index contributed by atoms with van der Waals surface area (Å²) in [4.78, 5) is 49.2. The van der Waals surface area contributed by atoms with Crippen LogP contribution in [0.4, 0.5) is 10.1 Å². The number of benzene rings is 3. The average molecular weight is 578 g/mol. The van der Waals surface area contributed by atoms with Gasteiger partial charge in [0.25, 0.3) is 0 Å². The maximum atomic E-state index is 13.5. The second kappa shape index (κ2) is 13.3. The Hall–Kier alpha value is -4.73. The van der Waals surface area contributed by atoms with Crippen LogP contribution in [0.1, 0.15) is 61.4 Å². The standard InChI is InChI=1S/C32H32FNO8/c1-19(35)42-28(21-9-11-23(33)12-10-21)18-17-26-29(34(30(26)37)24-13-15-25(36)16-14-24)22-7-5-20(6-8-22)3-2-4-27(31(38)39)32(40)41/h5-16,26-29,36H,2-4,17-18H2,1H3,(H,38,39)(H,40,41)/t26-,28+,29-/m1/s1. The van der Waals surface area contributed by atoms with Crippen molar-refractivity contribution in [2.75, 3.05) is 4.90 Å². The van der Waals surface area contributed by atoms with Crippen molar-refractivity contribution in [3.8, 4) is 5.75 Å². The van der Waals surface area contributed by atoms with E-state index in [4.69, 9.17) is 14.9 Å². The summed E-state index contributed by atoms with van der Waals surface area (Å²) in [6, 6.07) is 19.2. The summed E-state index contributed by atoms with van der Waals surface area (Å²) in [6.45, 7) is 1.30.